The normalized spacial score (nSPS) is 18.5. The number of amides is 1. The van der Waals surface area contributed by atoms with E-state index in [9.17, 15) is 4.79 Å². The average molecular weight is 443 g/mol. The Balaban J connectivity index is 1.42. The van der Waals surface area contributed by atoms with Gasteiger partial charge in [-0.1, -0.05) is 35.5 Å². The van der Waals surface area contributed by atoms with Crippen molar-refractivity contribution in [1.29, 1.82) is 0 Å². The number of rotatable bonds is 4. The van der Waals surface area contributed by atoms with Crippen molar-refractivity contribution < 1.29 is 14.1 Å². The Labute approximate surface area is 192 Å². The first-order chi connectivity index (χ1) is 16.0. The molecule has 1 saturated heterocycles. The molecule has 4 aromatic rings. The summed E-state index contributed by atoms with van der Waals surface area (Å²) >= 11 is 0. The van der Waals surface area contributed by atoms with Gasteiger partial charge in [-0.05, 0) is 51.1 Å². The summed E-state index contributed by atoms with van der Waals surface area (Å²) in [5.74, 6) is -0.229. The fourth-order valence-corrected chi connectivity index (χ4v) is 4.37. The standard InChI is InChI=1S/C26H26N4O3/c1-16-14-30(15-17(2)32-16)21-11-9-20(10-12-21)27-25(31)22-13-23(19-7-5-4-6-8-19)28-26-24(22)18(3)29-33-26/h4-13,16-17H,14-15H2,1-3H3,(H,27,31). The van der Waals surface area contributed by atoms with Gasteiger partial charge in [0.25, 0.3) is 11.6 Å². The van der Waals surface area contributed by atoms with Gasteiger partial charge in [-0.2, -0.15) is 0 Å². The van der Waals surface area contributed by atoms with Crippen LogP contribution in [-0.2, 0) is 4.74 Å². The van der Waals surface area contributed by atoms with Gasteiger partial charge < -0.3 is 19.5 Å². The molecule has 3 heterocycles. The number of hydrogen-bond acceptors (Lipinski definition) is 6. The van der Waals surface area contributed by atoms with Crippen LogP contribution in [0.3, 0.4) is 0 Å². The summed E-state index contributed by atoms with van der Waals surface area (Å²) in [5, 5.41) is 7.66. The highest BCUT2D eigenvalue weighted by Crippen LogP contribution is 2.28. The number of carbonyl (C=O) groups excluding carboxylic acids is 1. The Morgan fingerprint density at radius 3 is 2.42 bits per heavy atom. The molecule has 0 bridgehead atoms. The lowest BCUT2D eigenvalue weighted by Gasteiger charge is -2.36. The first-order valence-corrected chi connectivity index (χ1v) is 11.1. The number of anilines is 2. The monoisotopic (exact) mass is 442 g/mol. The maximum atomic E-state index is 13.3. The number of pyridine rings is 1. The van der Waals surface area contributed by atoms with Crippen molar-refractivity contribution in [2.75, 3.05) is 23.3 Å². The molecule has 1 aliphatic rings. The van der Waals surface area contributed by atoms with E-state index >= 15 is 0 Å². The number of fused-ring (bicyclic) bond motifs is 1. The third kappa shape index (κ3) is 4.32. The van der Waals surface area contributed by atoms with Crippen LogP contribution in [0, 0.1) is 6.92 Å². The molecule has 7 nitrogen and oxygen atoms in total. The van der Waals surface area contributed by atoms with Gasteiger partial charge in [0, 0.05) is 30.0 Å². The van der Waals surface area contributed by atoms with Crippen molar-refractivity contribution in [3.63, 3.8) is 0 Å². The zero-order valence-electron chi connectivity index (χ0n) is 18.9. The minimum Gasteiger partial charge on any atom is -0.372 e. The largest absolute Gasteiger partial charge is 0.372 e. The Hall–Kier alpha value is -3.71. The van der Waals surface area contributed by atoms with E-state index in [1.54, 1.807) is 6.07 Å². The highest BCUT2D eigenvalue weighted by atomic mass is 16.5. The lowest BCUT2D eigenvalue weighted by molar-refractivity contribution is -0.00521. The molecule has 1 fully saturated rings. The van der Waals surface area contributed by atoms with Gasteiger partial charge in [0.2, 0.25) is 0 Å². The molecule has 1 aliphatic heterocycles. The van der Waals surface area contributed by atoms with E-state index in [0.717, 1.165) is 30.0 Å². The second-order valence-corrected chi connectivity index (χ2v) is 8.53. The van der Waals surface area contributed by atoms with Gasteiger partial charge in [0.05, 0.1) is 34.5 Å². The number of hydrogen-bond donors (Lipinski definition) is 1. The first-order valence-electron chi connectivity index (χ1n) is 11.1. The molecule has 0 saturated carbocycles. The number of aromatic nitrogens is 2. The molecule has 5 rings (SSSR count). The van der Waals surface area contributed by atoms with Crippen molar-refractivity contribution in [2.24, 2.45) is 0 Å². The Bertz CT molecular complexity index is 1270. The van der Waals surface area contributed by atoms with Gasteiger partial charge in [0.1, 0.15) is 0 Å². The van der Waals surface area contributed by atoms with E-state index in [-0.39, 0.29) is 18.1 Å². The molecular formula is C26H26N4O3. The van der Waals surface area contributed by atoms with Crippen molar-refractivity contribution in [1.82, 2.24) is 10.1 Å². The SMILES string of the molecule is Cc1noc2nc(-c3ccccc3)cc(C(=O)Nc3ccc(N4CC(C)OC(C)C4)cc3)c12. The van der Waals surface area contributed by atoms with E-state index in [4.69, 9.17) is 9.26 Å². The summed E-state index contributed by atoms with van der Waals surface area (Å²) < 4.78 is 11.2. The van der Waals surface area contributed by atoms with E-state index < -0.39 is 0 Å². The summed E-state index contributed by atoms with van der Waals surface area (Å²) in [7, 11) is 0. The minimum absolute atomic E-state index is 0.188. The topological polar surface area (TPSA) is 80.5 Å². The molecule has 2 unspecified atom stereocenters. The molecule has 33 heavy (non-hydrogen) atoms. The van der Waals surface area contributed by atoms with Gasteiger partial charge in [-0.15, -0.1) is 0 Å². The lowest BCUT2D eigenvalue weighted by atomic mass is 10.0. The highest BCUT2D eigenvalue weighted by molar-refractivity contribution is 6.13. The van der Waals surface area contributed by atoms with Crippen molar-refractivity contribution in [3.05, 3.63) is 71.9 Å². The zero-order chi connectivity index (χ0) is 22.9. The number of benzene rings is 2. The van der Waals surface area contributed by atoms with Crippen LogP contribution in [0.4, 0.5) is 11.4 Å². The summed E-state index contributed by atoms with van der Waals surface area (Å²) in [5.41, 5.74) is 4.87. The fourth-order valence-electron chi connectivity index (χ4n) is 4.37. The Morgan fingerprint density at radius 2 is 1.73 bits per heavy atom. The van der Waals surface area contributed by atoms with Crippen molar-refractivity contribution in [3.8, 4) is 11.3 Å². The van der Waals surface area contributed by atoms with Crippen LogP contribution in [0.15, 0.2) is 65.2 Å². The third-order valence-corrected chi connectivity index (χ3v) is 5.84. The van der Waals surface area contributed by atoms with Crippen LogP contribution in [0.5, 0.6) is 0 Å². The van der Waals surface area contributed by atoms with Crippen LogP contribution in [0.1, 0.15) is 29.9 Å². The van der Waals surface area contributed by atoms with E-state index in [2.05, 4.69) is 34.2 Å². The van der Waals surface area contributed by atoms with Crippen LogP contribution < -0.4 is 10.2 Å². The first kappa shape index (κ1) is 21.2. The molecule has 168 valence electrons. The van der Waals surface area contributed by atoms with Crippen LogP contribution >= 0.6 is 0 Å². The number of nitrogens with zero attached hydrogens (tertiary/aromatic N) is 3. The highest BCUT2D eigenvalue weighted by Gasteiger charge is 2.23. The number of nitrogens with one attached hydrogen (secondary N) is 1. The molecule has 2 atom stereocenters. The van der Waals surface area contributed by atoms with Crippen LogP contribution in [0.25, 0.3) is 22.4 Å². The molecule has 2 aromatic heterocycles. The van der Waals surface area contributed by atoms with Gasteiger partial charge in [0.15, 0.2) is 0 Å². The molecule has 0 radical (unpaired) electrons. The fraction of sp³-hybridized carbons (Fsp3) is 0.269. The number of carbonyl (C=O) groups is 1. The van der Waals surface area contributed by atoms with Crippen LogP contribution in [-0.4, -0.2) is 41.3 Å². The maximum absolute atomic E-state index is 13.3. The summed E-state index contributed by atoms with van der Waals surface area (Å²) in [6.07, 6.45) is 0.376. The summed E-state index contributed by atoms with van der Waals surface area (Å²) in [6.45, 7) is 7.68. The second kappa shape index (κ2) is 8.67. The minimum atomic E-state index is -0.229. The molecule has 1 N–H and O–H groups in total. The van der Waals surface area contributed by atoms with Crippen molar-refractivity contribution >= 4 is 28.4 Å². The smallest absolute Gasteiger partial charge is 0.259 e. The molecular weight excluding hydrogens is 416 g/mol. The van der Waals surface area contributed by atoms with E-state index in [0.29, 0.717) is 28.1 Å². The molecule has 7 heteroatoms. The Morgan fingerprint density at radius 1 is 1.03 bits per heavy atom. The molecule has 1 amide bonds. The maximum Gasteiger partial charge on any atom is 0.259 e. The van der Waals surface area contributed by atoms with Gasteiger partial charge in [-0.3, -0.25) is 4.79 Å². The van der Waals surface area contributed by atoms with Crippen LogP contribution in [0.2, 0.25) is 0 Å². The average Bonchev–Trinajstić information content (AvgIpc) is 3.19. The Kier molecular flexibility index (Phi) is 5.56. The predicted molar refractivity (Wildman–Crippen MR) is 129 cm³/mol. The van der Waals surface area contributed by atoms with Gasteiger partial charge in [-0.25, -0.2) is 4.98 Å². The molecule has 0 spiro atoms. The quantitative estimate of drug-likeness (QED) is 0.476. The van der Waals surface area contributed by atoms with E-state index in [1.165, 1.54) is 0 Å². The van der Waals surface area contributed by atoms with Gasteiger partial charge >= 0.3 is 0 Å². The predicted octanol–water partition coefficient (Wildman–Crippen LogP) is 5.06. The van der Waals surface area contributed by atoms with E-state index in [1.807, 2.05) is 61.5 Å². The summed E-state index contributed by atoms with van der Waals surface area (Å²) in [4.78, 5) is 20.2. The summed E-state index contributed by atoms with van der Waals surface area (Å²) in [6, 6.07) is 19.4. The third-order valence-electron chi connectivity index (χ3n) is 5.84. The number of ether oxygens (including phenoxy) is 1. The molecule has 0 aliphatic carbocycles. The van der Waals surface area contributed by atoms with Crippen molar-refractivity contribution in [2.45, 2.75) is 33.0 Å². The zero-order valence-corrected chi connectivity index (χ0v) is 18.9. The lowest BCUT2D eigenvalue weighted by Crippen LogP contribution is -2.45. The number of morpholine rings is 1. The molecule has 2 aromatic carbocycles. The second-order valence-electron chi connectivity index (χ2n) is 8.53. The number of aryl methyl sites for hydroxylation is 1.